The second kappa shape index (κ2) is 4.72. The van der Waals surface area contributed by atoms with Crippen LogP contribution in [0.3, 0.4) is 0 Å². The third kappa shape index (κ3) is 2.18. The van der Waals surface area contributed by atoms with Gasteiger partial charge in [0.1, 0.15) is 23.9 Å². The number of aromatic nitrogens is 3. The highest BCUT2D eigenvalue weighted by Crippen LogP contribution is 2.41. The van der Waals surface area contributed by atoms with E-state index in [1.54, 1.807) is 6.20 Å². The smallest absolute Gasteiger partial charge is 0.183 e. The van der Waals surface area contributed by atoms with E-state index in [2.05, 4.69) is 10.3 Å². The number of fused-ring (bicyclic) bond motifs is 2. The fraction of sp³-hybridized carbons (Fsp3) is 0.846. The van der Waals surface area contributed by atoms with Crippen LogP contribution in [-0.2, 0) is 14.9 Å². The second-order valence-electron chi connectivity index (χ2n) is 6.78. The lowest BCUT2D eigenvalue weighted by Crippen LogP contribution is -2.60. The average Bonchev–Trinajstić information content (AvgIpc) is 3.03. The van der Waals surface area contributed by atoms with Gasteiger partial charge in [-0.1, -0.05) is 26.0 Å². The maximum Gasteiger partial charge on any atom is 0.183 e. The van der Waals surface area contributed by atoms with Crippen LogP contribution in [0.25, 0.3) is 0 Å². The molecule has 2 bridgehead atoms. The first-order valence-electron chi connectivity index (χ1n) is 6.97. The highest BCUT2D eigenvalue weighted by Gasteiger charge is 2.59. The Labute approximate surface area is 122 Å². The van der Waals surface area contributed by atoms with Crippen LogP contribution in [0.1, 0.15) is 32.5 Å². The van der Waals surface area contributed by atoms with Crippen LogP contribution in [0.2, 0.25) is 0 Å². The first kappa shape index (κ1) is 14.9. The lowest BCUT2D eigenvalue weighted by Gasteiger charge is -2.41. The Morgan fingerprint density at radius 2 is 2.14 bits per heavy atom. The number of nitrogens with zero attached hydrogens (tertiary/aromatic N) is 3. The molecule has 2 aliphatic heterocycles. The minimum atomic E-state index is -1.26. The van der Waals surface area contributed by atoms with Crippen molar-refractivity contribution < 1.29 is 24.8 Å². The molecule has 21 heavy (non-hydrogen) atoms. The highest BCUT2D eigenvalue weighted by molar-refractivity contribution is 5.10. The van der Waals surface area contributed by atoms with Crippen molar-refractivity contribution in [1.82, 2.24) is 15.0 Å². The zero-order chi connectivity index (χ0) is 15.4. The molecule has 0 unspecified atom stereocenters. The largest absolute Gasteiger partial charge is 0.393 e. The fourth-order valence-electron chi connectivity index (χ4n) is 2.73. The van der Waals surface area contributed by atoms with E-state index >= 15 is 0 Å². The van der Waals surface area contributed by atoms with Gasteiger partial charge in [-0.25, -0.2) is 4.68 Å². The van der Waals surface area contributed by atoms with Gasteiger partial charge in [0.05, 0.1) is 18.9 Å². The van der Waals surface area contributed by atoms with Crippen LogP contribution < -0.4 is 0 Å². The summed E-state index contributed by atoms with van der Waals surface area (Å²) in [5.74, 6) is 0. The summed E-state index contributed by atoms with van der Waals surface area (Å²) in [4.78, 5) is 0. The predicted octanol–water partition coefficient (Wildman–Crippen LogP) is -1.04. The molecule has 8 nitrogen and oxygen atoms in total. The fourth-order valence-corrected chi connectivity index (χ4v) is 2.73. The van der Waals surface area contributed by atoms with Gasteiger partial charge in [0.2, 0.25) is 0 Å². The average molecular weight is 299 g/mol. The molecule has 0 aliphatic carbocycles. The molecule has 2 fully saturated rings. The first-order valence-corrected chi connectivity index (χ1v) is 6.97. The van der Waals surface area contributed by atoms with Crippen LogP contribution in [0.5, 0.6) is 0 Å². The highest BCUT2D eigenvalue weighted by atomic mass is 16.7. The summed E-state index contributed by atoms with van der Waals surface area (Å²) in [7, 11) is 0. The van der Waals surface area contributed by atoms with Gasteiger partial charge in [-0.05, 0) is 0 Å². The standard InChI is InChI=1S/C13H21N3O5/c1-12(2,3)7-4-16(15-14-7)8-9(18)10(19)13(5-17)6-20-11(8)21-13/h4,8-11,17-19H,5-6H2,1-3H3/t8-,9-,10-,11-,13+/m1/s1. The van der Waals surface area contributed by atoms with E-state index in [0.29, 0.717) is 0 Å². The monoisotopic (exact) mass is 299 g/mol. The summed E-state index contributed by atoms with van der Waals surface area (Å²) in [5.41, 5.74) is -0.669. The third-order valence-corrected chi connectivity index (χ3v) is 4.19. The SMILES string of the molecule is CC(C)(C)c1cn([C@H]2[C@@H]3OC[C@](CO)(O3)[C@H](O)[C@@H]2O)nn1. The Morgan fingerprint density at radius 3 is 2.71 bits per heavy atom. The number of rotatable bonds is 2. The summed E-state index contributed by atoms with van der Waals surface area (Å²) >= 11 is 0. The van der Waals surface area contributed by atoms with Gasteiger partial charge in [-0.3, -0.25) is 0 Å². The Balaban J connectivity index is 1.91. The number of hydrogen-bond acceptors (Lipinski definition) is 7. The molecule has 118 valence electrons. The molecule has 3 rings (SSSR count). The Morgan fingerprint density at radius 1 is 1.43 bits per heavy atom. The lowest BCUT2D eigenvalue weighted by atomic mass is 9.88. The van der Waals surface area contributed by atoms with Crippen molar-refractivity contribution in [2.45, 2.75) is 56.3 Å². The van der Waals surface area contributed by atoms with E-state index in [1.807, 2.05) is 20.8 Å². The van der Waals surface area contributed by atoms with Crippen molar-refractivity contribution in [2.24, 2.45) is 0 Å². The van der Waals surface area contributed by atoms with Crippen molar-refractivity contribution in [3.8, 4) is 0 Å². The van der Waals surface area contributed by atoms with Crippen molar-refractivity contribution in [3.63, 3.8) is 0 Å². The van der Waals surface area contributed by atoms with Gasteiger partial charge in [-0.2, -0.15) is 0 Å². The minimum absolute atomic E-state index is 0.0315. The number of ether oxygens (including phenoxy) is 2. The van der Waals surface area contributed by atoms with E-state index in [0.717, 1.165) is 5.69 Å². The molecule has 3 heterocycles. The number of aliphatic hydroxyl groups is 3. The minimum Gasteiger partial charge on any atom is -0.393 e. The quantitative estimate of drug-likeness (QED) is 0.639. The molecule has 3 N–H and O–H groups in total. The molecule has 0 aromatic carbocycles. The van der Waals surface area contributed by atoms with Crippen molar-refractivity contribution in [1.29, 1.82) is 0 Å². The van der Waals surface area contributed by atoms with E-state index in [-0.39, 0.29) is 12.0 Å². The summed E-state index contributed by atoms with van der Waals surface area (Å²) in [6.45, 7) is 5.63. The van der Waals surface area contributed by atoms with Gasteiger partial charge in [0.15, 0.2) is 6.29 Å². The van der Waals surface area contributed by atoms with Crippen LogP contribution in [-0.4, -0.2) is 67.6 Å². The molecule has 1 aromatic heterocycles. The maximum absolute atomic E-state index is 10.4. The van der Waals surface area contributed by atoms with Crippen molar-refractivity contribution >= 4 is 0 Å². The molecule has 2 aliphatic rings. The van der Waals surface area contributed by atoms with Gasteiger partial charge in [0.25, 0.3) is 0 Å². The van der Waals surface area contributed by atoms with E-state index in [9.17, 15) is 15.3 Å². The molecule has 2 saturated heterocycles. The second-order valence-corrected chi connectivity index (χ2v) is 6.78. The Hall–Kier alpha value is -1.06. The number of hydrogen-bond donors (Lipinski definition) is 3. The van der Waals surface area contributed by atoms with Gasteiger partial charge in [-0.15, -0.1) is 5.10 Å². The van der Waals surface area contributed by atoms with Gasteiger partial charge in [0, 0.05) is 11.6 Å². The topological polar surface area (TPSA) is 110 Å². The van der Waals surface area contributed by atoms with Crippen LogP contribution in [0, 0.1) is 0 Å². The molecule has 0 spiro atoms. The third-order valence-electron chi connectivity index (χ3n) is 4.19. The molecule has 0 amide bonds. The Bertz CT molecular complexity index is 528. The molecule has 5 atom stereocenters. The van der Waals surface area contributed by atoms with Crippen LogP contribution >= 0.6 is 0 Å². The van der Waals surface area contributed by atoms with Crippen molar-refractivity contribution in [2.75, 3.05) is 13.2 Å². The first-order chi connectivity index (χ1) is 9.78. The molecule has 8 heteroatoms. The van der Waals surface area contributed by atoms with Gasteiger partial charge < -0.3 is 24.8 Å². The molecule has 1 aromatic rings. The van der Waals surface area contributed by atoms with Crippen molar-refractivity contribution in [3.05, 3.63) is 11.9 Å². The zero-order valence-corrected chi connectivity index (χ0v) is 12.3. The molecule has 0 saturated carbocycles. The Kier molecular flexibility index (Phi) is 3.34. The molecular formula is C13H21N3O5. The molecular weight excluding hydrogens is 278 g/mol. The maximum atomic E-state index is 10.4. The van der Waals surface area contributed by atoms with E-state index < -0.39 is 36.7 Å². The van der Waals surface area contributed by atoms with Gasteiger partial charge >= 0.3 is 0 Å². The summed E-state index contributed by atoms with van der Waals surface area (Å²) in [6.07, 6.45) is -1.47. The number of aliphatic hydroxyl groups excluding tert-OH is 3. The van der Waals surface area contributed by atoms with Crippen LogP contribution in [0.15, 0.2) is 6.20 Å². The van der Waals surface area contributed by atoms with Crippen LogP contribution in [0.4, 0.5) is 0 Å². The summed E-state index contributed by atoms with van der Waals surface area (Å²) < 4.78 is 12.6. The van der Waals surface area contributed by atoms with E-state index in [4.69, 9.17) is 9.47 Å². The normalized spacial score (nSPS) is 39.7. The lowest BCUT2D eigenvalue weighted by molar-refractivity contribution is -0.244. The summed E-state index contributed by atoms with van der Waals surface area (Å²) in [6, 6.07) is -0.703. The summed E-state index contributed by atoms with van der Waals surface area (Å²) in [5, 5.41) is 38.2. The molecule has 0 radical (unpaired) electrons. The van der Waals surface area contributed by atoms with E-state index in [1.165, 1.54) is 4.68 Å². The zero-order valence-electron chi connectivity index (χ0n) is 12.3. The predicted molar refractivity (Wildman–Crippen MR) is 70.4 cm³/mol.